The molecule has 2 nitrogen and oxygen atoms in total. The standard InChI is InChI=1S/C12H13ClN2/c1-3-11-9(2)12(13)15(14-11)10-7-5-4-6-8-10/h4-8H,3H2,1-2H3. The van der Waals surface area contributed by atoms with Gasteiger partial charge in [0.2, 0.25) is 0 Å². The van der Waals surface area contributed by atoms with Crippen LogP contribution >= 0.6 is 11.6 Å². The van der Waals surface area contributed by atoms with Gasteiger partial charge >= 0.3 is 0 Å². The molecule has 0 spiro atoms. The second kappa shape index (κ2) is 4.07. The fraction of sp³-hybridized carbons (Fsp3) is 0.250. The zero-order valence-electron chi connectivity index (χ0n) is 8.87. The Kier molecular flexibility index (Phi) is 2.78. The maximum Gasteiger partial charge on any atom is 0.136 e. The normalized spacial score (nSPS) is 10.6. The van der Waals surface area contributed by atoms with Crippen molar-refractivity contribution in [2.24, 2.45) is 0 Å². The summed E-state index contributed by atoms with van der Waals surface area (Å²) >= 11 is 6.23. The minimum absolute atomic E-state index is 0.707. The molecule has 3 heteroatoms. The van der Waals surface area contributed by atoms with Crippen LogP contribution in [0.4, 0.5) is 0 Å². The number of aromatic nitrogens is 2. The lowest BCUT2D eigenvalue weighted by molar-refractivity contribution is 0.842. The topological polar surface area (TPSA) is 17.8 Å². The quantitative estimate of drug-likeness (QED) is 0.759. The van der Waals surface area contributed by atoms with E-state index < -0.39 is 0 Å². The molecule has 1 aromatic heterocycles. The van der Waals surface area contributed by atoms with Crippen LogP contribution in [0.1, 0.15) is 18.2 Å². The number of benzene rings is 1. The van der Waals surface area contributed by atoms with Crippen molar-refractivity contribution in [3.05, 3.63) is 46.7 Å². The zero-order chi connectivity index (χ0) is 10.8. The van der Waals surface area contributed by atoms with E-state index in [2.05, 4.69) is 12.0 Å². The molecule has 0 saturated heterocycles. The van der Waals surface area contributed by atoms with Gasteiger partial charge in [-0.15, -0.1) is 0 Å². The second-order valence-electron chi connectivity index (χ2n) is 3.46. The first kappa shape index (κ1) is 10.2. The van der Waals surface area contributed by atoms with Crippen molar-refractivity contribution in [2.75, 3.05) is 0 Å². The monoisotopic (exact) mass is 220 g/mol. The fourth-order valence-electron chi connectivity index (χ4n) is 1.59. The molecule has 0 N–H and O–H groups in total. The SMILES string of the molecule is CCc1nn(-c2ccccc2)c(Cl)c1C. The predicted octanol–water partition coefficient (Wildman–Crippen LogP) is 3.40. The maximum absolute atomic E-state index is 6.23. The molecule has 1 aromatic carbocycles. The number of halogens is 1. The molecule has 0 saturated carbocycles. The number of aryl methyl sites for hydroxylation is 1. The van der Waals surface area contributed by atoms with Crippen LogP contribution in [-0.2, 0) is 6.42 Å². The number of hydrogen-bond acceptors (Lipinski definition) is 1. The third kappa shape index (κ3) is 1.77. The summed E-state index contributed by atoms with van der Waals surface area (Å²) in [6, 6.07) is 9.94. The first-order chi connectivity index (χ1) is 7.24. The average molecular weight is 221 g/mol. The number of hydrogen-bond donors (Lipinski definition) is 0. The van der Waals surface area contributed by atoms with Crippen molar-refractivity contribution in [1.82, 2.24) is 9.78 Å². The Hall–Kier alpha value is -1.28. The van der Waals surface area contributed by atoms with Crippen molar-refractivity contribution >= 4 is 11.6 Å². The summed E-state index contributed by atoms with van der Waals surface area (Å²) in [5.41, 5.74) is 3.14. The molecule has 0 aliphatic carbocycles. The zero-order valence-corrected chi connectivity index (χ0v) is 9.62. The Morgan fingerprint density at radius 3 is 2.47 bits per heavy atom. The molecule has 1 heterocycles. The molecule has 2 rings (SSSR count). The summed E-state index contributed by atoms with van der Waals surface area (Å²) in [7, 11) is 0. The van der Waals surface area contributed by atoms with E-state index in [1.54, 1.807) is 4.68 Å². The van der Waals surface area contributed by atoms with E-state index in [4.69, 9.17) is 11.6 Å². The molecular weight excluding hydrogens is 208 g/mol. The van der Waals surface area contributed by atoms with Crippen LogP contribution in [-0.4, -0.2) is 9.78 Å². The van der Waals surface area contributed by atoms with Crippen LogP contribution in [0.25, 0.3) is 5.69 Å². The Balaban J connectivity index is 2.55. The van der Waals surface area contributed by atoms with Crippen molar-refractivity contribution in [3.63, 3.8) is 0 Å². The third-order valence-electron chi connectivity index (χ3n) is 2.48. The van der Waals surface area contributed by atoms with E-state index in [0.717, 1.165) is 23.4 Å². The number of para-hydroxylation sites is 1. The summed E-state index contributed by atoms with van der Waals surface area (Å²) in [5, 5.41) is 5.19. The molecule has 0 aliphatic heterocycles. The highest BCUT2D eigenvalue weighted by atomic mass is 35.5. The largest absolute Gasteiger partial charge is 0.222 e. The molecule has 0 aliphatic rings. The molecular formula is C12H13ClN2. The number of nitrogens with zero attached hydrogens (tertiary/aromatic N) is 2. The first-order valence-electron chi connectivity index (χ1n) is 5.03. The van der Waals surface area contributed by atoms with Gasteiger partial charge in [-0.05, 0) is 25.5 Å². The highest BCUT2D eigenvalue weighted by Crippen LogP contribution is 2.22. The van der Waals surface area contributed by atoms with Gasteiger partial charge in [-0.3, -0.25) is 0 Å². The van der Waals surface area contributed by atoms with Crippen LogP contribution in [0.3, 0.4) is 0 Å². The van der Waals surface area contributed by atoms with Gasteiger partial charge in [-0.25, -0.2) is 4.68 Å². The van der Waals surface area contributed by atoms with Crippen LogP contribution in [0, 0.1) is 6.92 Å². The van der Waals surface area contributed by atoms with Crippen LogP contribution in [0.15, 0.2) is 30.3 Å². The summed E-state index contributed by atoms with van der Waals surface area (Å²) in [6.45, 7) is 4.09. The van der Waals surface area contributed by atoms with Gasteiger partial charge in [0.15, 0.2) is 0 Å². The van der Waals surface area contributed by atoms with Crippen molar-refractivity contribution in [3.8, 4) is 5.69 Å². The third-order valence-corrected chi connectivity index (χ3v) is 2.93. The second-order valence-corrected chi connectivity index (χ2v) is 3.82. The van der Waals surface area contributed by atoms with Gasteiger partial charge in [0.05, 0.1) is 11.4 Å². The van der Waals surface area contributed by atoms with E-state index in [1.165, 1.54) is 0 Å². The van der Waals surface area contributed by atoms with Crippen molar-refractivity contribution in [1.29, 1.82) is 0 Å². The van der Waals surface area contributed by atoms with Gasteiger partial charge in [-0.1, -0.05) is 36.7 Å². The Bertz CT molecular complexity index is 460. The van der Waals surface area contributed by atoms with E-state index in [0.29, 0.717) is 5.15 Å². The molecule has 0 amide bonds. The molecule has 0 unspecified atom stereocenters. The lowest BCUT2D eigenvalue weighted by Gasteiger charge is -2.01. The summed E-state index contributed by atoms with van der Waals surface area (Å²) in [5.74, 6) is 0. The average Bonchev–Trinajstić information content (AvgIpc) is 2.57. The summed E-state index contributed by atoms with van der Waals surface area (Å²) < 4.78 is 1.79. The van der Waals surface area contributed by atoms with E-state index in [9.17, 15) is 0 Å². The molecule has 78 valence electrons. The Morgan fingerprint density at radius 2 is 1.93 bits per heavy atom. The smallest absolute Gasteiger partial charge is 0.136 e. The first-order valence-corrected chi connectivity index (χ1v) is 5.41. The predicted molar refractivity (Wildman–Crippen MR) is 62.7 cm³/mol. The Labute approximate surface area is 94.5 Å². The van der Waals surface area contributed by atoms with Crippen LogP contribution < -0.4 is 0 Å². The van der Waals surface area contributed by atoms with Crippen molar-refractivity contribution < 1.29 is 0 Å². The molecule has 0 radical (unpaired) electrons. The van der Waals surface area contributed by atoms with Gasteiger partial charge in [0.25, 0.3) is 0 Å². The van der Waals surface area contributed by atoms with E-state index in [1.807, 2.05) is 37.3 Å². The van der Waals surface area contributed by atoms with Gasteiger partial charge < -0.3 is 0 Å². The number of rotatable bonds is 2. The van der Waals surface area contributed by atoms with Gasteiger partial charge in [0, 0.05) is 5.56 Å². The van der Waals surface area contributed by atoms with Gasteiger partial charge in [0.1, 0.15) is 5.15 Å². The Morgan fingerprint density at radius 1 is 1.27 bits per heavy atom. The molecule has 0 bridgehead atoms. The fourth-order valence-corrected chi connectivity index (χ4v) is 1.84. The van der Waals surface area contributed by atoms with Crippen LogP contribution in [0.2, 0.25) is 5.15 Å². The molecule has 15 heavy (non-hydrogen) atoms. The minimum Gasteiger partial charge on any atom is -0.222 e. The maximum atomic E-state index is 6.23. The summed E-state index contributed by atoms with van der Waals surface area (Å²) in [6.07, 6.45) is 0.908. The molecule has 2 aromatic rings. The van der Waals surface area contributed by atoms with E-state index in [-0.39, 0.29) is 0 Å². The lowest BCUT2D eigenvalue weighted by Crippen LogP contribution is -1.96. The lowest BCUT2D eigenvalue weighted by atomic mass is 10.2. The van der Waals surface area contributed by atoms with Crippen LogP contribution in [0.5, 0.6) is 0 Å². The van der Waals surface area contributed by atoms with Gasteiger partial charge in [-0.2, -0.15) is 5.10 Å². The highest BCUT2D eigenvalue weighted by molar-refractivity contribution is 6.30. The minimum atomic E-state index is 0.707. The van der Waals surface area contributed by atoms with E-state index >= 15 is 0 Å². The summed E-state index contributed by atoms with van der Waals surface area (Å²) in [4.78, 5) is 0. The molecule has 0 atom stereocenters. The highest BCUT2D eigenvalue weighted by Gasteiger charge is 2.11. The van der Waals surface area contributed by atoms with Crippen molar-refractivity contribution in [2.45, 2.75) is 20.3 Å². The molecule has 0 fully saturated rings.